The fraction of sp³-hybridized carbons (Fsp3) is 0.429. The molecule has 2 aromatic carbocycles. The van der Waals surface area contributed by atoms with Gasteiger partial charge in [-0.25, -0.2) is 0 Å². The van der Waals surface area contributed by atoms with Gasteiger partial charge in [-0.1, -0.05) is 74.5 Å². The van der Waals surface area contributed by atoms with Gasteiger partial charge in [0.1, 0.15) is 0 Å². The highest BCUT2D eigenvalue weighted by molar-refractivity contribution is 6.12. The predicted octanol–water partition coefficient (Wildman–Crippen LogP) is 4.31. The highest BCUT2D eigenvalue weighted by atomic mass is 16.5. The normalized spacial score (nSPS) is 14.6. The first kappa shape index (κ1) is 27.4. The Kier molecular flexibility index (Phi) is 12.9. The zero-order valence-corrected chi connectivity index (χ0v) is 20.3. The van der Waals surface area contributed by atoms with Crippen LogP contribution in [0.1, 0.15) is 49.7 Å². The SMILES string of the molecule is CC(CCOCCN1C(=O)C=CC1=O)c1ccccc1.CC(CCOCCO)c1ccccc1. The monoisotopic (exact) mass is 467 g/mol. The number of aliphatic hydroxyl groups is 1. The lowest BCUT2D eigenvalue weighted by Crippen LogP contribution is -2.33. The van der Waals surface area contributed by atoms with E-state index in [9.17, 15) is 9.59 Å². The largest absolute Gasteiger partial charge is 0.394 e. The molecule has 34 heavy (non-hydrogen) atoms. The molecule has 0 aliphatic carbocycles. The van der Waals surface area contributed by atoms with Crippen LogP contribution in [0.5, 0.6) is 0 Å². The molecule has 3 rings (SSSR count). The number of rotatable bonds is 13. The van der Waals surface area contributed by atoms with E-state index in [0.29, 0.717) is 38.2 Å². The van der Waals surface area contributed by atoms with E-state index in [1.807, 2.05) is 24.3 Å². The number of carbonyl (C=O) groups is 2. The van der Waals surface area contributed by atoms with Crippen molar-refractivity contribution in [2.24, 2.45) is 0 Å². The summed E-state index contributed by atoms with van der Waals surface area (Å²) in [6.45, 7) is 6.97. The second-order valence-corrected chi connectivity index (χ2v) is 8.31. The van der Waals surface area contributed by atoms with Crippen molar-refractivity contribution in [3.63, 3.8) is 0 Å². The van der Waals surface area contributed by atoms with Gasteiger partial charge in [0.2, 0.25) is 0 Å². The third-order valence-electron chi connectivity index (χ3n) is 5.72. The molecule has 0 spiro atoms. The van der Waals surface area contributed by atoms with Crippen LogP contribution in [0.15, 0.2) is 72.8 Å². The van der Waals surface area contributed by atoms with E-state index in [-0.39, 0.29) is 18.4 Å². The van der Waals surface area contributed by atoms with Crippen molar-refractivity contribution in [3.8, 4) is 0 Å². The maximum Gasteiger partial charge on any atom is 0.253 e. The molecule has 2 amide bonds. The number of hydrogen-bond donors (Lipinski definition) is 1. The zero-order valence-electron chi connectivity index (χ0n) is 20.3. The van der Waals surface area contributed by atoms with Crippen molar-refractivity contribution in [1.29, 1.82) is 0 Å². The standard InChI is InChI=1S/C16H19NO3.C12H18O2/c1-13(14-5-3-2-4-6-14)9-11-20-12-10-17-15(18)7-8-16(17)19;1-11(7-9-14-10-8-13)12-5-3-2-4-6-12/h2-8,13H,9-12H2,1H3;2-6,11,13H,7-10H2,1H3. The van der Waals surface area contributed by atoms with Crippen LogP contribution in [0, 0.1) is 0 Å². The van der Waals surface area contributed by atoms with Crippen molar-refractivity contribution < 1.29 is 24.2 Å². The summed E-state index contributed by atoms with van der Waals surface area (Å²) in [6, 6.07) is 20.7. The summed E-state index contributed by atoms with van der Waals surface area (Å²) in [4.78, 5) is 23.8. The van der Waals surface area contributed by atoms with E-state index >= 15 is 0 Å². The fourth-order valence-electron chi connectivity index (χ4n) is 3.49. The van der Waals surface area contributed by atoms with Crippen molar-refractivity contribution in [3.05, 3.63) is 83.9 Å². The first-order valence-electron chi connectivity index (χ1n) is 11.9. The Labute approximate surface area is 203 Å². The third-order valence-corrected chi connectivity index (χ3v) is 5.72. The molecule has 1 aliphatic heterocycles. The summed E-state index contributed by atoms with van der Waals surface area (Å²) < 4.78 is 10.7. The van der Waals surface area contributed by atoms with Crippen LogP contribution in [-0.4, -0.2) is 61.4 Å². The number of hydrogen-bond acceptors (Lipinski definition) is 5. The molecule has 6 nitrogen and oxygen atoms in total. The van der Waals surface area contributed by atoms with Crippen LogP contribution in [0.25, 0.3) is 0 Å². The third kappa shape index (κ3) is 10.00. The Morgan fingerprint density at radius 2 is 1.15 bits per heavy atom. The van der Waals surface area contributed by atoms with Gasteiger partial charge in [-0.05, 0) is 35.8 Å². The van der Waals surface area contributed by atoms with Crippen molar-refractivity contribution in [2.45, 2.75) is 38.5 Å². The van der Waals surface area contributed by atoms with Crippen molar-refractivity contribution in [2.75, 3.05) is 39.6 Å². The van der Waals surface area contributed by atoms with Crippen LogP contribution in [-0.2, 0) is 19.1 Å². The Bertz CT molecular complexity index is 851. The molecule has 2 aromatic rings. The van der Waals surface area contributed by atoms with Crippen LogP contribution in [0.2, 0.25) is 0 Å². The lowest BCUT2D eigenvalue weighted by Gasteiger charge is -2.15. The highest BCUT2D eigenvalue weighted by Crippen LogP contribution is 2.19. The minimum Gasteiger partial charge on any atom is -0.394 e. The molecule has 2 unspecified atom stereocenters. The number of nitrogens with zero attached hydrogens (tertiary/aromatic N) is 1. The van der Waals surface area contributed by atoms with Crippen LogP contribution >= 0.6 is 0 Å². The summed E-state index contributed by atoms with van der Waals surface area (Å²) in [5.74, 6) is 0.454. The Morgan fingerprint density at radius 3 is 1.59 bits per heavy atom. The molecule has 1 aliphatic rings. The van der Waals surface area contributed by atoms with Gasteiger partial charge in [0, 0.05) is 25.4 Å². The second kappa shape index (κ2) is 15.9. The lowest BCUT2D eigenvalue weighted by atomic mass is 9.98. The summed E-state index contributed by atoms with van der Waals surface area (Å²) in [7, 11) is 0. The molecular weight excluding hydrogens is 430 g/mol. The molecule has 0 aromatic heterocycles. The first-order valence-corrected chi connectivity index (χ1v) is 11.9. The molecule has 0 saturated heterocycles. The second-order valence-electron chi connectivity index (χ2n) is 8.31. The van der Waals surface area contributed by atoms with Gasteiger partial charge >= 0.3 is 0 Å². The average Bonchev–Trinajstić information content (AvgIpc) is 3.20. The number of imide groups is 1. The average molecular weight is 468 g/mol. The van der Waals surface area contributed by atoms with E-state index in [0.717, 1.165) is 19.4 Å². The Hall–Kier alpha value is -2.80. The van der Waals surface area contributed by atoms with Gasteiger partial charge in [-0.15, -0.1) is 0 Å². The smallest absolute Gasteiger partial charge is 0.253 e. The van der Waals surface area contributed by atoms with Gasteiger partial charge in [0.25, 0.3) is 11.8 Å². The van der Waals surface area contributed by atoms with E-state index in [1.165, 1.54) is 28.2 Å². The van der Waals surface area contributed by atoms with E-state index in [1.54, 1.807) is 0 Å². The molecule has 0 bridgehead atoms. The number of benzene rings is 2. The van der Waals surface area contributed by atoms with Crippen molar-refractivity contribution in [1.82, 2.24) is 4.90 Å². The summed E-state index contributed by atoms with van der Waals surface area (Å²) in [5.41, 5.74) is 2.64. The number of ether oxygens (including phenoxy) is 2. The molecule has 0 saturated carbocycles. The van der Waals surface area contributed by atoms with E-state index in [2.05, 4.69) is 50.2 Å². The van der Waals surface area contributed by atoms with Gasteiger partial charge in [-0.2, -0.15) is 0 Å². The maximum atomic E-state index is 11.3. The lowest BCUT2D eigenvalue weighted by molar-refractivity contribution is -0.137. The summed E-state index contributed by atoms with van der Waals surface area (Å²) >= 11 is 0. The predicted molar refractivity (Wildman–Crippen MR) is 134 cm³/mol. The molecule has 1 heterocycles. The van der Waals surface area contributed by atoms with Gasteiger partial charge in [0.05, 0.1) is 26.4 Å². The maximum absolute atomic E-state index is 11.3. The molecule has 6 heteroatoms. The van der Waals surface area contributed by atoms with Crippen molar-refractivity contribution >= 4 is 11.8 Å². The molecule has 184 valence electrons. The molecule has 2 atom stereocenters. The number of carbonyl (C=O) groups excluding carboxylic acids is 2. The molecule has 0 radical (unpaired) electrons. The van der Waals surface area contributed by atoms with Crippen LogP contribution in [0.4, 0.5) is 0 Å². The van der Waals surface area contributed by atoms with E-state index < -0.39 is 0 Å². The zero-order chi connectivity index (χ0) is 24.6. The Balaban J connectivity index is 0.000000257. The fourth-order valence-corrected chi connectivity index (χ4v) is 3.49. The van der Waals surface area contributed by atoms with E-state index in [4.69, 9.17) is 14.6 Å². The molecular formula is C28H37NO5. The first-order chi connectivity index (χ1) is 16.5. The summed E-state index contributed by atoms with van der Waals surface area (Å²) in [5, 5.41) is 8.52. The Morgan fingerprint density at radius 1 is 0.706 bits per heavy atom. The van der Waals surface area contributed by atoms with Gasteiger partial charge in [0.15, 0.2) is 0 Å². The molecule has 1 N–H and O–H groups in total. The van der Waals surface area contributed by atoms with Crippen LogP contribution in [0.3, 0.4) is 0 Å². The van der Waals surface area contributed by atoms with Gasteiger partial charge < -0.3 is 14.6 Å². The van der Waals surface area contributed by atoms with Gasteiger partial charge in [-0.3, -0.25) is 14.5 Å². The van der Waals surface area contributed by atoms with Crippen LogP contribution < -0.4 is 0 Å². The highest BCUT2D eigenvalue weighted by Gasteiger charge is 2.22. The number of amides is 2. The quantitative estimate of drug-likeness (QED) is 0.351. The summed E-state index contributed by atoms with van der Waals surface area (Å²) in [6.07, 6.45) is 4.51. The topological polar surface area (TPSA) is 76.1 Å². The minimum atomic E-state index is -0.253. The minimum absolute atomic E-state index is 0.111. The molecule has 0 fully saturated rings. The number of aliphatic hydroxyl groups excluding tert-OH is 1.